The first-order valence-corrected chi connectivity index (χ1v) is 6.93. The van der Waals surface area contributed by atoms with Gasteiger partial charge >= 0.3 is 0 Å². The molecule has 0 heterocycles. The molecule has 0 fully saturated rings. The van der Waals surface area contributed by atoms with Crippen LogP contribution in [0.4, 0.5) is 5.69 Å². The van der Waals surface area contributed by atoms with Crippen LogP contribution in [-0.2, 0) is 14.8 Å². The number of anilines is 1. The van der Waals surface area contributed by atoms with Gasteiger partial charge in [-0.05, 0) is 25.1 Å². The van der Waals surface area contributed by atoms with Crippen LogP contribution in [0.2, 0.25) is 5.02 Å². The van der Waals surface area contributed by atoms with E-state index in [1.54, 1.807) is 0 Å². The minimum atomic E-state index is -3.86. The topological polar surface area (TPSA) is 101 Å². The van der Waals surface area contributed by atoms with Crippen LogP contribution in [0.25, 0.3) is 0 Å². The molecule has 8 heteroatoms. The third-order valence-corrected chi connectivity index (χ3v) is 4.24. The SMILES string of the molecule is CNC(=O)C(C)NS(=O)(=O)c1ccc(N)cc1Cl. The van der Waals surface area contributed by atoms with E-state index >= 15 is 0 Å². The van der Waals surface area contributed by atoms with Gasteiger partial charge in [-0.2, -0.15) is 4.72 Å². The molecule has 1 unspecified atom stereocenters. The number of rotatable bonds is 4. The number of hydrogen-bond acceptors (Lipinski definition) is 4. The van der Waals surface area contributed by atoms with Gasteiger partial charge in [0.05, 0.1) is 11.1 Å². The summed E-state index contributed by atoms with van der Waals surface area (Å²) in [4.78, 5) is 11.2. The summed E-state index contributed by atoms with van der Waals surface area (Å²) in [7, 11) is -2.44. The highest BCUT2D eigenvalue weighted by molar-refractivity contribution is 7.89. The van der Waals surface area contributed by atoms with Crippen molar-refractivity contribution < 1.29 is 13.2 Å². The molecule has 0 aliphatic rings. The van der Waals surface area contributed by atoms with Gasteiger partial charge < -0.3 is 11.1 Å². The van der Waals surface area contributed by atoms with E-state index in [2.05, 4.69) is 10.0 Å². The first-order valence-electron chi connectivity index (χ1n) is 5.07. The zero-order valence-electron chi connectivity index (χ0n) is 9.90. The van der Waals surface area contributed by atoms with Gasteiger partial charge in [0.25, 0.3) is 0 Å². The molecule has 0 aliphatic carbocycles. The van der Waals surface area contributed by atoms with E-state index in [0.29, 0.717) is 5.69 Å². The monoisotopic (exact) mass is 291 g/mol. The number of carbonyl (C=O) groups is 1. The third-order valence-electron chi connectivity index (χ3n) is 2.22. The van der Waals surface area contributed by atoms with E-state index in [-0.39, 0.29) is 9.92 Å². The first-order chi connectivity index (χ1) is 8.27. The number of nitrogens with two attached hydrogens (primary N) is 1. The second-order valence-electron chi connectivity index (χ2n) is 3.65. The first kappa shape index (κ1) is 14.7. The maximum absolute atomic E-state index is 12.0. The fraction of sp³-hybridized carbons (Fsp3) is 0.300. The number of nitrogens with one attached hydrogen (secondary N) is 2. The van der Waals surface area contributed by atoms with Crippen molar-refractivity contribution in [3.63, 3.8) is 0 Å². The quantitative estimate of drug-likeness (QED) is 0.696. The molecular weight excluding hydrogens is 278 g/mol. The van der Waals surface area contributed by atoms with Crippen LogP contribution >= 0.6 is 11.6 Å². The zero-order valence-corrected chi connectivity index (χ0v) is 11.5. The Morgan fingerprint density at radius 3 is 2.56 bits per heavy atom. The summed E-state index contributed by atoms with van der Waals surface area (Å²) in [5, 5.41) is 2.35. The molecule has 1 amide bonds. The van der Waals surface area contributed by atoms with Gasteiger partial charge in [0, 0.05) is 12.7 Å². The van der Waals surface area contributed by atoms with Gasteiger partial charge in [-0.3, -0.25) is 4.79 Å². The van der Waals surface area contributed by atoms with Crippen molar-refractivity contribution in [1.82, 2.24) is 10.0 Å². The summed E-state index contributed by atoms with van der Waals surface area (Å²) in [6.07, 6.45) is 0. The number of benzene rings is 1. The fourth-order valence-corrected chi connectivity index (χ4v) is 3.06. The molecular formula is C10H14ClN3O3S. The summed E-state index contributed by atoms with van der Waals surface area (Å²) in [5.41, 5.74) is 5.84. The van der Waals surface area contributed by atoms with Crippen LogP contribution in [0.1, 0.15) is 6.92 Å². The Morgan fingerprint density at radius 1 is 1.44 bits per heavy atom. The van der Waals surface area contributed by atoms with Gasteiger partial charge in [0.15, 0.2) is 0 Å². The van der Waals surface area contributed by atoms with Crippen LogP contribution in [0.3, 0.4) is 0 Å². The van der Waals surface area contributed by atoms with Crippen molar-refractivity contribution >= 4 is 33.2 Å². The highest BCUT2D eigenvalue weighted by Gasteiger charge is 2.23. The molecule has 1 atom stereocenters. The van der Waals surface area contributed by atoms with Crippen molar-refractivity contribution in [3.05, 3.63) is 23.2 Å². The van der Waals surface area contributed by atoms with Crippen molar-refractivity contribution in [3.8, 4) is 0 Å². The predicted molar refractivity (Wildman–Crippen MR) is 69.7 cm³/mol. The van der Waals surface area contributed by atoms with E-state index in [9.17, 15) is 13.2 Å². The summed E-state index contributed by atoms with van der Waals surface area (Å²) in [6.45, 7) is 1.43. The van der Waals surface area contributed by atoms with Crippen LogP contribution in [0, 0.1) is 0 Å². The maximum atomic E-state index is 12.0. The van der Waals surface area contributed by atoms with E-state index in [4.69, 9.17) is 17.3 Å². The highest BCUT2D eigenvalue weighted by atomic mass is 35.5. The third kappa shape index (κ3) is 3.34. The van der Waals surface area contributed by atoms with Gasteiger partial charge in [-0.15, -0.1) is 0 Å². The Morgan fingerprint density at radius 2 is 2.06 bits per heavy atom. The number of sulfonamides is 1. The molecule has 1 rings (SSSR count). The minimum Gasteiger partial charge on any atom is -0.399 e. The highest BCUT2D eigenvalue weighted by Crippen LogP contribution is 2.23. The molecule has 0 aliphatic heterocycles. The van der Waals surface area contributed by atoms with E-state index < -0.39 is 22.0 Å². The molecule has 18 heavy (non-hydrogen) atoms. The second kappa shape index (κ2) is 5.55. The average Bonchev–Trinajstić information content (AvgIpc) is 2.26. The second-order valence-corrected chi connectivity index (χ2v) is 5.74. The Hall–Kier alpha value is -1.31. The Kier molecular flexibility index (Phi) is 4.55. The van der Waals surface area contributed by atoms with Crippen LogP contribution in [0.5, 0.6) is 0 Å². The van der Waals surface area contributed by atoms with E-state index in [1.807, 2.05) is 0 Å². The molecule has 0 saturated heterocycles. The lowest BCUT2D eigenvalue weighted by Crippen LogP contribution is -2.43. The number of halogens is 1. The predicted octanol–water partition coefficient (Wildman–Crippen LogP) is 0.335. The van der Waals surface area contributed by atoms with E-state index in [1.165, 1.54) is 32.2 Å². The largest absolute Gasteiger partial charge is 0.399 e. The van der Waals surface area contributed by atoms with Gasteiger partial charge in [-0.25, -0.2) is 8.42 Å². The normalized spacial score (nSPS) is 13.1. The zero-order chi connectivity index (χ0) is 13.9. The lowest BCUT2D eigenvalue weighted by atomic mass is 10.3. The smallest absolute Gasteiger partial charge is 0.242 e. The van der Waals surface area contributed by atoms with Crippen molar-refractivity contribution in [1.29, 1.82) is 0 Å². The summed E-state index contributed by atoms with van der Waals surface area (Å²) < 4.78 is 26.2. The lowest BCUT2D eigenvalue weighted by Gasteiger charge is -2.13. The molecule has 0 saturated carbocycles. The number of hydrogen-bond donors (Lipinski definition) is 3. The average molecular weight is 292 g/mol. The molecule has 6 nitrogen and oxygen atoms in total. The molecule has 0 bridgehead atoms. The van der Waals surface area contributed by atoms with Gasteiger partial charge in [-0.1, -0.05) is 11.6 Å². The van der Waals surface area contributed by atoms with Gasteiger partial charge in [0.1, 0.15) is 4.90 Å². The maximum Gasteiger partial charge on any atom is 0.242 e. The Bertz CT molecular complexity index is 559. The number of nitrogen functional groups attached to an aromatic ring is 1. The molecule has 4 N–H and O–H groups in total. The van der Waals surface area contributed by atoms with Crippen LogP contribution in [-0.4, -0.2) is 27.4 Å². The Labute approximate surface area is 111 Å². The number of carbonyl (C=O) groups excluding carboxylic acids is 1. The summed E-state index contributed by atoms with van der Waals surface area (Å²) >= 11 is 5.81. The van der Waals surface area contributed by atoms with Crippen molar-refractivity contribution in [2.24, 2.45) is 0 Å². The van der Waals surface area contributed by atoms with Crippen LogP contribution in [0.15, 0.2) is 23.1 Å². The van der Waals surface area contributed by atoms with Gasteiger partial charge in [0.2, 0.25) is 15.9 Å². The van der Waals surface area contributed by atoms with Crippen molar-refractivity contribution in [2.75, 3.05) is 12.8 Å². The van der Waals surface area contributed by atoms with Crippen LogP contribution < -0.4 is 15.8 Å². The summed E-state index contributed by atoms with van der Waals surface area (Å²) in [5.74, 6) is -0.440. The molecule has 0 radical (unpaired) electrons. The summed E-state index contributed by atoms with van der Waals surface area (Å²) in [6, 6.07) is 3.15. The van der Waals surface area contributed by atoms with E-state index in [0.717, 1.165) is 0 Å². The molecule has 1 aromatic rings. The fourth-order valence-electron chi connectivity index (χ4n) is 1.30. The Balaban J connectivity index is 3.04. The molecule has 0 spiro atoms. The number of likely N-dealkylation sites (N-methyl/N-ethyl adjacent to an activating group) is 1. The molecule has 100 valence electrons. The van der Waals surface area contributed by atoms with Crippen molar-refractivity contribution in [2.45, 2.75) is 17.9 Å². The molecule has 1 aromatic carbocycles. The lowest BCUT2D eigenvalue weighted by molar-refractivity contribution is -0.121. The standard InChI is InChI=1S/C10H14ClN3O3S/c1-6(10(15)13-2)14-18(16,17)9-4-3-7(12)5-8(9)11/h3-6,14H,12H2,1-2H3,(H,13,15). The molecule has 0 aromatic heterocycles. The minimum absolute atomic E-state index is 0.00612. The number of amides is 1.